The predicted octanol–water partition coefficient (Wildman–Crippen LogP) is 5.19. The van der Waals surface area contributed by atoms with Gasteiger partial charge in [0.2, 0.25) is 5.71 Å². The van der Waals surface area contributed by atoms with Crippen LogP contribution >= 0.6 is 23.2 Å². The lowest BCUT2D eigenvalue weighted by Crippen LogP contribution is -2.12. The fourth-order valence-electron chi connectivity index (χ4n) is 3.33. The lowest BCUT2D eigenvalue weighted by Gasteiger charge is -2.05. The van der Waals surface area contributed by atoms with Crippen molar-refractivity contribution >= 4 is 34.9 Å². The van der Waals surface area contributed by atoms with E-state index in [9.17, 15) is 4.79 Å². The van der Waals surface area contributed by atoms with Crippen LogP contribution < -0.4 is 0 Å². The average Bonchev–Trinajstić information content (AvgIpc) is 3.26. The van der Waals surface area contributed by atoms with E-state index in [1.165, 1.54) is 4.68 Å². The molecular weight excluding hydrogens is 415 g/mol. The summed E-state index contributed by atoms with van der Waals surface area (Å²) in [6.07, 6.45) is 0. The summed E-state index contributed by atoms with van der Waals surface area (Å²) in [5, 5.41) is 10.1. The number of rotatable bonds is 4. The molecule has 4 aromatic rings. The van der Waals surface area contributed by atoms with Crippen molar-refractivity contribution in [2.45, 2.75) is 27.7 Å². The number of aromatic nitrogens is 4. The molecule has 9 heteroatoms. The second kappa shape index (κ2) is 7.24. The highest BCUT2D eigenvalue weighted by molar-refractivity contribution is 6.36. The van der Waals surface area contributed by atoms with Crippen molar-refractivity contribution in [2.75, 3.05) is 6.61 Å². The number of hydrogen-bond donors (Lipinski definition) is 0. The summed E-state index contributed by atoms with van der Waals surface area (Å²) in [6, 6.07) is 6.92. The zero-order chi connectivity index (χ0) is 20.9. The van der Waals surface area contributed by atoms with Gasteiger partial charge in [-0.1, -0.05) is 23.2 Å². The zero-order valence-corrected chi connectivity index (χ0v) is 17.8. The summed E-state index contributed by atoms with van der Waals surface area (Å²) >= 11 is 12.5. The third-order valence-electron chi connectivity index (χ3n) is 4.50. The first-order chi connectivity index (χ1) is 13.8. The molecule has 3 heterocycles. The number of esters is 1. The fraction of sp³-hybridized carbons (Fsp3) is 0.250. The Morgan fingerprint density at radius 1 is 1.17 bits per heavy atom. The van der Waals surface area contributed by atoms with Crippen molar-refractivity contribution in [1.29, 1.82) is 0 Å². The van der Waals surface area contributed by atoms with Crippen LogP contribution in [0.3, 0.4) is 0 Å². The molecule has 0 aliphatic rings. The minimum absolute atomic E-state index is 0.268. The van der Waals surface area contributed by atoms with Crippen LogP contribution in [-0.4, -0.2) is 32.0 Å². The van der Waals surface area contributed by atoms with E-state index in [2.05, 4.69) is 10.2 Å². The van der Waals surface area contributed by atoms with Crippen LogP contribution in [0.4, 0.5) is 0 Å². The molecule has 0 atom stereocenters. The lowest BCUT2D eigenvalue weighted by atomic mass is 10.1. The molecule has 7 nitrogen and oxygen atoms in total. The van der Waals surface area contributed by atoms with Gasteiger partial charge in [-0.25, -0.2) is 9.48 Å². The monoisotopic (exact) mass is 432 g/mol. The number of halogens is 2. The van der Waals surface area contributed by atoms with Gasteiger partial charge >= 0.3 is 5.97 Å². The van der Waals surface area contributed by atoms with Gasteiger partial charge in [0.15, 0.2) is 11.4 Å². The Kier molecular flexibility index (Phi) is 4.88. The van der Waals surface area contributed by atoms with Crippen LogP contribution in [-0.2, 0) is 4.74 Å². The van der Waals surface area contributed by atoms with Gasteiger partial charge in [0.05, 0.1) is 23.0 Å². The maximum atomic E-state index is 12.4. The lowest BCUT2D eigenvalue weighted by molar-refractivity contribution is 0.0516. The molecule has 0 saturated heterocycles. The first kappa shape index (κ1) is 19.5. The molecule has 1 aromatic carbocycles. The Bertz CT molecular complexity index is 1250. The van der Waals surface area contributed by atoms with Gasteiger partial charge in [-0.05, 0) is 52.0 Å². The molecule has 150 valence electrons. The van der Waals surface area contributed by atoms with Crippen molar-refractivity contribution in [3.8, 4) is 16.9 Å². The van der Waals surface area contributed by atoms with Crippen LogP contribution in [0.1, 0.15) is 34.6 Å². The molecule has 0 bridgehead atoms. The molecular formula is C20H18Cl2N4O3. The second-order valence-electron chi connectivity index (χ2n) is 6.59. The minimum Gasteiger partial charge on any atom is -0.461 e. The van der Waals surface area contributed by atoms with Gasteiger partial charge in [0.1, 0.15) is 11.5 Å². The number of carbonyl (C=O) groups excluding carboxylic acids is 1. The van der Waals surface area contributed by atoms with Gasteiger partial charge in [0, 0.05) is 10.6 Å². The number of aryl methyl sites for hydroxylation is 3. The molecule has 3 aromatic heterocycles. The Labute approximate surface area is 176 Å². The van der Waals surface area contributed by atoms with Crippen molar-refractivity contribution in [2.24, 2.45) is 0 Å². The van der Waals surface area contributed by atoms with Crippen LogP contribution in [0.5, 0.6) is 0 Å². The number of benzene rings is 1. The summed E-state index contributed by atoms with van der Waals surface area (Å²) in [5.41, 5.74) is 4.10. The van der Waals surface area contributed by atoms with E-state index in [1.807, 2.05) is 26.8 Å². The van der Waals surface area contributed by atoms with Gasteiger partial charge in [-0.3, -0.25) is 0 Å². The van der Waals surface area contributed by atoms with Crippen LogP contribution in [0.25, 0.3) is 22.7 Å². The van der Waals surface area contributed by atoms with Crippen LogP contribution in [0.2, 0.25) is 10.0 Å². The van der Waals surface area contributed by atoms with E-state index in [0.717, 1.165) is 5.56 Å². The van der Waals surface area contributed by atoms with Gasteiger partial charge < -0.3 is 9.15 Å². The van der Waals surface area contributed by atoms with Crippen molar-refractivity contribution in [3.05, 3.63) is 57.2 Å². The fourth-order valence-corrected chi connectivity index (χ4v) is 3.83. The summed E-state index contributed by atoms with van der Waals surface area (Å²) < 4.78 is 14.4. The molecule has 0 aliphatic heterocycles. The molecule has 0 spiro atoms. The summed E-state index contributed by atoms with van der Waals surface area (Å²) in [4.78, 5) is 12.4. The van der Waals surface area contributed by atoms with E-state index in [-0.39, 0.29) is 6.61 Å². The molecule has 0 radical (unpaired) electrons. The topological polar surface area (TPSA) is 74.6 Å². The number of oxazole rings is 1. The largest absolute Gasteiger partial charge is 0.461 e. The van der Waals surface area contributed by atoms with Gasteiger partial charge in [-0.2, -0.15) is 14.7 Å². The average molecular weight is 433 g/mol. The van der Waals surface area contributed by atoms with E-state index >= 15 is 0 Å². The third-order valence-corrected chi connectivity index (χ3v) is 5.04. The highest BCUT2D eigenvalue weighted by Crippen LogP contribution is 2.36. The van der Waals surface area contributed by atoms with E-state index in [4.69, 9.17) is 32.4 Å². The number of ether oxygens (including phenoxy) is 1. The van der Waals surface area contributed by atoms with Crippen LogP contribution in [0.15, 0.2) is 28.7 Å². The Balaban J connectivity index is 1.96. The number of fused-ring (bicyclic) bond motifs is 1. The van der Waals surface area contributed by atoms with E-state index in [1.54, 1.807) is 29.6 Å². The summed E-state index contributed by atoms with van der Waals surface area (Å²) in [5.74, 6) is 0.163. The third kappa shape index (κ3) is 3.20. The predicted molar refractivity (Wildman–Crippen MR) is 110 cm³/mol. The Morgan fingerprint density at radius 3 is 2.62 bits per heavy atom. The summed E-state index contributed by atoms with van der Waals surface area (Å²) in [6.45, 7) is 7.49. The molecule has 4 rings (SSSR count). The number of nitrogens with zero attached hydrogens (tertiary/aromatic N) is 4. The second-order valence-corrected chi connectivity index (χ2v) is 7.43. The first-order valence-corrected chi connectivity index (χ1v) is 9.75. The molecule has 29 heavy (non-hydrogen) atoms. The van der Waals surface area contributed by atoms with Gasteiger partial charge in [-0.15, -0.1) is 0 Å². The van der Waals surface area contributed by atoms with E-state index < -0.39 is 5.97 Å². The quantitative estimate of drug-likeness (QED) is 0.414. The smallest absolute Gasteiger partial charge is 0.357 e. The number of carbonyl (C=O) groups is 1. The van der Waals surface area contributed by atoms with Crippen molar-refractivity contribution in [1.82, 2.24) is 19.4 Å². The maximum Gasteiger partial charge on any atom is 0.357 e. The Morgan fingerprint density at radius 2 is 1.93 bits per heavy atom. The maximum absolute atomic E-state index is 12.4. The van der Waals surface area contributed by atoms with Crippen LogP contribution in [0, 0.1) is 20.8 Å². The van der Waals surface area contributed by atoms with E-state index in [0.29, 0.717) is 50.0 Å². The normalized spacial score (nSPS) is 11.4. The molecule has 0 saturated carbocycles. The molecule has 0 N–H and O–H groups in total. The Hall–Kier alpha value is -2.77. The first-order valence-electron chi connectivity index (χ1n) is 9.00. The summed E-state index contributed by atoms with van der Waals surface area (Å²) in [7, 11) is 0. The molecule has 0 fully saturated rings. The van der Waals surface area contributed by atoms with Gasteiger partial charge in [0.25, 0.3) is 0 Å². The SMILES string of the molecule is CCOC(=O)c1cc(C)nn1-c1c(C)nn2c(-c3ccc(Cl)cc3Cl)c(C)oc12. The highest BCUT2D eigenvalue weighted by Gasteiger charge is 2.26. The zero-order valence-electron chi connectivity index (χ0n) is 16.3. The standard InChI is InChI=1S/C20H18Cl2N4O3/c1-5-28-20(27)16-8-10(2)23-25(16)17-11(3)24-26-18(12(4)29-19(17)26)14-7-6-13(21)9-15(14)22/h6-9H,5H2,1-4H3. The van der Waals surface area contributed by atoms with Crippen molar-refractivity contribution in [3.63, 3.8) is 0 Å². The number of hydrogen-bond acceptors (Lipinski definition) is 5. The highest BCUT2D eigenvalue weighted by atomic mass is 35.5. The van der Waals surface area contributed by atoms with Crippen molar-refractivity contribution < 1.29 is 13.9 Å². The molecule has 0 unspecified atom stereocenters. The molecule has 0 amide bonds. The molecule has 0 aliphatic carbocycles. The minimum atomic E-state index is -0.462.